The summed E-state index contributed by atoms with van der Waals surface area (Å²) < 4.78 is 41.3. The highest BCUT2D eigenvalue weighted by atomic mass is 32.2. The van der Waals surface area contributed by atoms with Crippen LogP contribution in [0.3, 0.4) is 0 Å². The number of hydrogen-bond donors (Lipinski definition) is 0. The molecule has 0 unspecified atom stereocenters. The summed E-state index contributed by atoms with van der Waals surface area (Å²) in [7, 11) is 3.31. The predicted molar refractivity (Wildman–Crippen MR) is 108 cm³/mol. The van der Waals surface area contributed by atoms with Gasteiger partial charge in [-0.3, -0.25) is 0 Å². The molecule has 7 nitrogen and oxygen atoms in total. The van der Waals surface area contributed by atoms with Gasteiger partial charge in [-0.2, -0.15) is 17.0 Å². The van der Waals surface area contributed by atoms with Crippen molar-refractivity contribution in [3.8, 4) is 11.1 Å². The normalized spacial score (nSPS) is 18.4. The van der Waals surface area contributed by atoms with Crippen molar-refractivity contribution in [2.45, 2.75) is 18.8 Å². The summed E-state index contributed by atoms with van der Waals surface area (Å²) in [6.45, 7) is 0.854. The van der Waals surface area contributed by atoms with Crippen molar-refractivity contribution >= 4 is 16.2 Å². The second kappa shape index (κ2) is 8.10. The first-order valence-corrected chi connectivity index (χ1v) is 10.6. The van der Waals surface area contributed by atoms with Gasteiger partial charge in [0.25, 0.3) is 10.2 Å². The minimum absolute atomic E-state index is 0.0646. The van der Waals surface area contributed by atoms with Crippen molar-refractivity contribution in [3.05, 3.63) is 42.0 Å². The quantitative estimate of drug-likeness (QED) is 0.761. The van der Waals surface area contributed by atoms with Crippen molar-refractivity contribution in [2.24, 2.45) is 0 Å². The third-order valence-corrected chi connectivity index (χ3v) is 6.83. The molecular weight excluding hydrogens is 381 g/mol. The lowest BCUT2D eigenvalue weighted by Gasteiger charge is -2.34. The molecule has 1 aliphatic rings. The average Bonchev–Trinajstić information content (AvgIpc) is 2.68. The Kier molecular flexibility index (Phi) is 5.97. The summed E-state index contributed by atoms with van der Waals surface area (Å²) in [4.78, 5) is 11.0. The van der Waals surface area contributed by atoms with Gasteiger partial charge in [0, 0.05) is 59.0 Å². The molecule has 1 aromatic heterocycles. The SMILES string of the molecule is CN(C)c1ncc(-c2ccc(F)cc2)c([C@H]2CCCN(S(=O)(=O)N(C)C)C2)n1. The van der Waals surface area contributed by atoms with Gasteiger partial charge >= 0.3 is 0 Å². The lowest BCUT2D eigenvalue weighted by atomic mass is 9.91. The molecule has 0 saturated carbocycles. The van der Waals surface area contributed by atoms with Crippen molar-refractivity contribution in [1.82, 2.24) is 18.6 Å². The highest BCUT2D eigenvalue weighted by molar-refractivity contribution is 7.86. The van der Waals surface area contributed by atoms with Gasteiger partial charge in [-0.1, -0.05) is 12.1 Å². The van der Waals surface area contributed by atoms with E-state index in [0.29, 0.717) is 19.0 Å². The van der Waals surface area contributed by atoms with Gasteiger partial charge in [0.15, 0.2) is 0 Å². The first kappa shape index (κ1) is 20.6. The molecule has 1 fully saturated rings. The van der Waals surface area contributed by atoms with Crippen molar-refractivity contribution in [3.63, 3.8) is 0 Å². The van der Waals surface area contributed by atoms with Crippen LogP contribution in [0.5, 0.6) is 0 Å². The molecule has 2 heterocycles. The second-order valence-electron chi connectivity index (χ2n) is 7.36. The Hall–Kier alpha value is -2.10. The zero-order valence-electron chi connectivity index (χ0n) is 16.6. The number of nitrogens with zero attached hydrogens (tertiary/aromatic N) is 5. The van der Waals surface area contributed by atoms with E-state index in [0.717, 1.165) is 29.7 Å². The molecule has 0 N–H and O–H groups in total. The molecule has 28 heavy (non-hydrogen) atoms. The number of benzene rings is 1. The van der Waals surface area contributed by atoms with Crippen LogP contribution in [0.4, 0.5) is 10.3 Å². The van der Waals surface area contributed by atoms with E-state index in [1.807, 2.05) is 19.0 Å². The van der Waals surface area contributed by atoms with Crippen LogP contribution in [0.1, 0.15) is 24.5 Å². The second-order valence-corrected chi connectivity index (χ2v) is 9.50. The Morgan fingerprint density at radius 1 is 1.14 bits per heavy atom. The molecular formula is C19H26FN5O2S. The summed E-state index contributed by atoms with van der Waals surface area (Å²) in [5, 5.41) is 0. The van der Waals surface area contributed by atoms with Gasteiger partial charge in [-0.15, -0.1) is 0 Å². The lowest BCUT2D eigenvalue weighted by molar-refractivity contribution is 0.296. The highest BCUT2D eigenvalue weighted by Crippen LogP contribution is 2.34. The number of aromatic nitrogens is 2. The smallest absolute Gasteiger partial charge is 0.281 e. The third-order valence-electron chi connectivity index (χ3n) is 4.92. The summed E-state index contributed by atoms with van der Waals surface area (Å²) >= 11 is 0. The molecule has 1 saturated heterocycles. The molecule has 0 radical (unpaired) electrons. The molecule has 2 aromatic rings. The van der Waals surface area contributed by atoms with Gasteiger partial charge in [0.2, 0.25) is 5.95 Å². The first-order valence-electron chi connectivity index (χ1n) is 9.18. The molecule has 0 aliphatic carbocycles. The molecule has 152 valence electrons. The zero-order valence-corrected chi connectivity index (χ0v) is 17.4. The van der Waals surface area contributed by atoms with E-state index >= 15 is 0 Å². The molecule has 0 bridgehead atoms. The van der Waals surface area contributed by atoms with Crippen LogP contribution in [-0.4, -0.2) is 68.3 Å². The van der Waals surface area contributed by atoms with Crippen LogP contribution < -0.4 is 4.90 Å². The van der Waals surface area contributed by atoms with E-state index in [9.17, 15) is 12.8 Å². The van der Waals surface area contributed by atoms with E-state index in [1.165, 1.54) is 34.8 Å². The minimum Gasteiger partial charge on any atom is -0.347 e. The Morgan fingerprint density at radius 2 is 1.82 bits per heavy atom. The van der Waals surface area contributed by atoms with E-state index in [-0.39, 0.29) is 11.7 Å². The Morgan fingerprint density at radius 3 is 2.43 bits per heavy atom. The topological polar surface area (TPSA) is 69.6 Å². The van der Waals surface area contributed by atoms with Crippen LogP contribution in [0, 0.1) is 5.82 Å². The standard InChI is InChI=1S/C19H26FN5O2S/c1-23(2)19-21-12-17(14-7-9-16(20)10-8-14)18(22-19)15-6-5-11-25(13-15)28(26,27)24(3)4/h7-10,12,15H,5-6,11,13H2,1-4H3/t15-/m0/s1. The maximum absolute atomic E-state index is 13.4. The first-order chi connectivity index (χ1) is 13.2. The zero-order chi connectivity index (χ0) is 20.5. The number of hydrogen-bond acceptors (Lipinski definition) is 5. The molecule has 0 amide bonds. The number of rotatable bonds is 5. The van der Waals surface area contributed by atoms with Crippen LogP contribution in [0.25, 0.3) is 11.1 Å². The molecule has 1 atom stereocenters. The fourth-order valence-corrected chi connectivity index (χ4v) is 4.56. The van der Waals surface area contributed by atoms with Gasteiger partial charge in [0.05, 0.1) is 5.69 Å². The summed E-state index contributed by atoms with van der Waals surface area (Å²) in [6.07, 6.45) is 3.32. The number of anilines is 1. The maximum atomic E-state index is 13.4. The number of halogens is 1. The molecule has 1 aromatic carbocycles. The summed E-state index contributed by atoms with van der Waals surface area (Å²) in [6, 6.07) is 6.21. The Balaban J connectivity index is 2.03. The molecule has 3 rings (SSSR count). The van der Waals surface area contributed by atoms with Gasteiger partial charge < -0.3 is 4.90 Å². The van der Waals surface area contributed by atoms with Gasteiger partial charge in [-0.25, -0.2) is 14.4 Å². The molecule has 1 aliphatic heterocycles. The highest BCUT2D eigenvalue weighted by Gasteiger charge is 2.33. The van der Waals surface area contributed by atoms with Crippen molar-refractivity contribution in [2.75, 3.05) is 46.2 Å². The van der Waals surface area contributed by atoms with E-state index in [2.05, 4.69) is 4.98 Å². The molecule has 0 spiro atoms. The fraction of sp³-hybridized carbons (Fsp3) is 0.474. The van der Waals surface area contributed by atoms with E-state index in [4.69, 9.17) is 4.98 Å². The largest absolute Gasteiger partial charge is 0.347 e. The van der Waals surface area contributed by atoms with Crippen LogP contribution in [-0.2, 0) is 10.2 Å². The van der Waals surface area contributed by atoms with Crippen molar-refractivity contribution < 1.29 is 12.8 Å². The van der Waals surface area contributed by atoms with E-state index in [1.54, 1.807) is 18.3 Å². The third kappa shape index (κ3) is 4.16. The summed E-state index contributed by atoms with van der Waals surface area (Å²) in [5.74, 6) is 0.190. The Labute approximate surface area is 166 Å². The predicted octanol–water partition coefficient (Wildman–Crippen LogP) is 2.33. The maximum Gasteiger partial charge on any atom is 0.281 e. The van der Waals surface area contributed by atoms with Crippen molar-refractivity contribution in [1.29, 1.82) is 0 Å². The fourth-order valence-electron chi connectivity index (χ4n) is 3.37. The van der Waals surface area contributed by atoms with Gasteiger partial charge in [0.1, 0.15) is 5.82 Å². The van der Waals surface area contributed by atoms with Crippen LogP contribution in [0.2, 0.25) is 0 Å². The van der Waals surface area contributed by atoms with Crippen LogP contribution in [0.15, 0.2) is 30.5 Å². The van der Waals surface area contributed by atoms with Gasteiger partial charge in [-0.05, 0) is 30.5 Å². The van der Waals surface area contributed by atoms with E-state index < -0.39 is 10.2 Å². The van der Waals surface area contributed by atoms with Crippen LogP contribution >= 0.6 is 0 Å². The lowest BCUT2D eigenvalue weighted by Crippen LogP contribution is -2.45. The molecule has 9 heteroatoms. The number of piperidine rings is 1. The average molecular weight is 408 g/mol. The Bertz CT molecular complexity index is 932. The monoisotopic (exact) mass is 407 g/mol. The minimum atomic E-state index is -3.49. The summed E-state index contributed by atoms with van der Waals surface area (Å²) in [5.41, 5.74) is 2.41.